The summed E-state index contributed by atoms with van der Waals surface area (Å²) in [7, 11) is 0. The van der Waals surface area contributed by atoms with E-state index in [1.807, 2.05) is 0 Å². The van der Waals surface area contributed by atoms with Gasteiger partial charge in [-0.05, 0) is 12.8 Å². The summed E-state index contributed by atoms with van der Waals surface area (Å²) in [5, 5.41) is 0. The zero-order valence-corrected chi connectivity index (χ0v) is 4.18. The molecule has 0 N–H and O–H groups in total. The van der Waals surface area contributed by atoms with Crippen LogP contribution in [-0.4, -0.2) is 5.78 Å². The van der Waals surface area contributed by atoms with Crippen LogP contribution in [0.1, 0.15) is 19.3 Å². The van der Waals surface area contributed by atoms with Gasteiger partial charge in [0, 0.05) is 12.8 Å². The molecule has 0 spiro atoms. The number of carbonyl (C=O) groups excluding carboxylic acids is 1. The highest BCUT2D eigenvalue weighted by molar-refractivity contribution is 5.85. The minimum atomic E-state index is -0.119. The van der Waals surface area contributed by atoms with Gasteiger partial charge in [0.05, 0.1) is 0 Å². The molecule has 1 aliphatic rings. The molecule has 0 aromatic rings. The first-order valence-corrected chi connectivity index (χ1v) is 2.60. The predicted molar refractivity (Wildman–Crippen MR) is 26.6 cm³/mol. The SMILES string of the molecule is [CH]C(=O)C1CCC1. The molecule has 0 atom stereocenters. The van der Waals surface area contributed by atoms with Crippen molar-refractivity contribution in [3.05, 3.63) is 6.92 Å². The Bertz CT molecular complexity index is 82.2. The van der Waals surface area contributed by atoms with Gasteiger partial charge in [0.1, 0.15) is 5.78 Å². The van der Waals surface area contributed by atoms with Gasteiger partial charge in [-0.15, -0.1) is 0 Å². The van der Waals surface area contributed by atoms with Crippen molar-refractivity contribution >= 4 is 5.78 Å². The molecular weight excluding hydrogens is 88.1 g/mol. The third-order valence-electron chi connectivity index (χ3n) is 1.51. The van der Waals surface area contributed by atoms with Crippen molar-refractivity contribution in [1.29, 1.82) is 0 Å². The molecule has 0 amide bonds. The number of rotatable bonds is 1. The summed E-state index contributed by atoms with van der Waals surface area (Å²) in [6, 6.07) is 0. The van der Waals surface area contributed by atoms with Crippen molar-refractivity contribution in [2.75, 3.05) is 0 Å². The fraction of sp³-hybridized carbons (Fsp3) is 0.667. The molecule has 0 aromatic heterocycles. The molecule has 0 aliphatic heterocycles. The zero-order chi connectivity index (χ0) is 5.28. The highest BCUT2D eigenvalue weighted by Gasteiger charge is 2.21. The van der Waals surface area contributed by atoms with Crippen molar-refractivity contribution in [2.45, 2.75) is 19.3 Å². The standard InChI is InChI=1S/C6H8O/c1-5(7)6-3-2-4-6/h1,6H,2-4H2. The number of carbonyl (C=O) groups is 1. The molecular formula is C6H8O. The lowest BCUT2D eigenvalue weighted by molar-refractivity contribution is -0.120. The number of ketones is 1. The Labute approximate surface area is 43.7 Å². The first kappa shape index (κ1) is 4.82. The summed E-state index contributed by atoms with van der Waals surface area (Å²) < 4.78 is 0. The molecule has 38 valence electrons. The Morgan fingerprint density at radius 3 is 2.14 bits per heavy atom. The quantitative estimate of drug-likeness (QED) is 0.477. The van der Waals surface area contributed by atoms with Gasteiger partial charge < -0.3 is 0 Å². The molecule has 1 nitrogen and oxygen atoms in total. The van der Waals surface area contributed by atoms with E-state index < -0.39 is 0 Å². The summed E-state index contributed by atoms with van der Waals surface area (Å²) in [6.07, 6.45) is 3.23. The van der Waals surface area contributed by atoms with Gasteiger partial charge in [-0.3, -0.25) is 4.79 Å². The second-order valence-electron chi connectivity index (χ2n) is 2.03. The van der Waals surface area contributed by atoms with E-state index in [4.69, 9.17) is 6.92 Å². The lowest BCUT2D eigenvalue weighted by atomic mass is 9.83. The van der Waals surface area contributed by atoms with Crippen LogP contribution in [0.25, 0.3) is 0 Å². The average Bonchev–Trinajstić information content (AvgIpc) is 1.23. The molecule has 1 saturated carbocycles. The molecule has 0 heterocycles. The van der Waals surface area contributed by atoms with E-state index in [-0.39, 0.29) is 11.7 Å². The highest BCUT2D eigenvalue weighted by atomic mass is 16.1. The van der Waals surface area contributed by atoms with Crippen LogP contribution in [0.15, 0.2) is 0 Å². The van der Waals surface area contributed by atoms with Crippen LogP contribution in [0.2, 0.25) is 0 Å². The fourth-order valence-corrected chi connectivity index (χ4v) is 0.693. The summed E-state index contributed by atoms with van der Waals surface area (Å²) in [4.78, 5) is 10.2. The van der Waals surface area contributed by atoms with Crippen LogP contribution < -0.4 is 0 Å². The number of hydrogen-bond acceptors (Lipinski definition) is 1. The highest BCUT2D eigenvalue weighted by Crippen LogP contribution is 2.26. The van der Waals surface area contributed by atoms with Crippen LogP contribution in [0, 0.1) is 12.8 Å². The van der Waals surface area contributed by atoms with Crippen molar-refractivity contribution in [2.24, 2.45) is 5.92 Å². The van der Waals surface area contributed by atoms with Gasteiger partial charge in [0.2, 0.25) is 0 Å². The Morgan fingerprint density at radius 1 is 1.57 bits per heavy atom. The number of Topliss-reactive ketones (excluding diaryl/α,β-unsaturated/α-hetero) is 1. The maximum atomic E-state index is 10.2. The van der Waals surface area contributed by atoms with Gasteiger partial charge in [0.15, 0.2) is 0 Å². The molecule has 7 heavy (non-hydrogen) atoms. The van der Waals surface area contributed by atoms with E-state index in [0.717, 1.165) is 12.8 Å². The molecule has 1 fully saturated rings. The Morgan fingerprint density at radius 2 is 2.14 bits per heavy atom. The van der Waals surface area contributed by atoms with Gasteiger partial charge in [0.25, 0.3) is 0 Å². The average molecular weight is 96.1 g/mol. The second kappa shape index (κ2) is 1.65. The Kier molecular flexibility index (Phi) is 1.13. The normalized spacial score (nSPS) is 21.3. The van der Waals surface area contributed by atoms with Gasteiger partial charge in [-0.2, -0.15) is 0 Å². The van der Waals surface area contributed by atoms with Crippen LogP contribution >= 0.6 is 0 Å². The van der Waals surface area contributed by atoms with E-state index in [1.54, 1.807) is 0 Å². The largest absolute Gasteiger partial charge is 0.299 e. The zero-order valence-electron chi connectivity index (χ0n) is 4.18. The van der Waals surface area contributed by atoms with Crippen molar-refractivity contribution in [3.63, 3.8) is 0 Å². The van der Waals surface area contributed by atoms with E-state index in [9.17, 15) is 4.79 Å². The monoisotopic (exact) mass is 96.1 g/mol. The minimum absolute atomic E-state index is 0.119. The molecule has 1 heteroatoms. The lowest BCUT2D eigenvalue weighted by Crippen LogP contribution is -2.18. The summed E-state index contributed by atoms with van der Waals surface area (Å²) >= 11 is 0. The molecule has 0 unspecified atom stereocenters. The van der Waals surface area contributed by atoms with E-state index in [1.165, 1.54) is 6.42 Å². The van der Waals surface area contributed by atoms with Gasteiger partial charge in [-0.25, -0.2) is 0 Å². The maximum Gasteiger partial charge on any atom is 0.140 e. The summed E-state index contributed by atoms with van der Waals surface area (Å²) in [5.74, 6) is 0.103. The minimum Gasteiger partial charge on any atom is -0.299 e. The third kappa shape index (κ3) is 0.817. The first-order valence-electron chi connectivity index (χ1n) is 2.60. The van der Waals surface area contributed by atoms with Crippen molar-refractivity contribution in [1.82, 2.24) is 0 Å². The van der Waals surface area contributed by atoms with E-state index in [0.29, 0.717) is 0 Å². The van der Waals surface area contributed by atoms with Gasteiger partial charge >= 0.3 is 0 Å². The van der Waals surface area contributed by atoms with Crippen molar-refractivity contribution < 1.29 is 4.79 Å². The van der Waals surface area contributed by atoms with Crippen LogP contribution in [-0.2, 0) is 4.79 Å². The molecule has 0 aromatic carbocycles. The third-order valence-corrected chi connectivity index (χ3v) is 1.51. The van der Waals surface area contributed by atoms with E-state index >= 15 is 0 Å². The summed E-state index contributed by atoms with van der Waals surface area (Å²) in [5.41, 5.74) is 0. The van der Waals surface area contributed by atoms with E-state index in [2.05, 4.69) is 0 Å². The molecule has 1 aliphatic carbocycles. The van der Waals surface area contributed by atoms with Gasteiger partial charge in [-0.1, -0.05) is 6.42 Å². The Hall–Kier alpha value is -0.330. The van der Waals surface area contributed by atoms with Crippen LogP contribution in [0.3, 0.4) is 0 Å². The number of hydrogen-bond donors (Lipinski definition) is 0. The fourth-order valence-electron chi connectivity index (χ4n) is 0.693. The summed E-state index contributed by atoms with van der Waals surface area (Å²) in [6.45, 7) is 4.96. The van der Waals surface area contributed by atoms with Crippen LogP contribution in [0.4, 0.5) is 0 Å². The topological polar surface area (TPSA) is 17.1 Å². The van der Waals surface area contributed by atoms with Crippen LogP contribution in [0.5, 0.6) is 0 Å². The second-order valence-corrected chi connectivity index (χ2v) is 2.03. The predicted octanol–water partition coefficient (Wildman–Crippen LogP) is 1.07. The maximum absolute atomic E-state index is 10.2. The molecule has 2 radical (unpaired) electrons. The lowest BCUT2D eigenvalue weighted by Gasteiger charge is -2.21. The van der Waals surface area contributed by atoms with Crippen molar-refractivity contribution in [3.8, 4) is 0 Å². The molecule has 1 rings (SSSR count). The Balaban J connectivity index is 2.27. The molecule has 0 bridgehead atoms. The smallest absolute Gasteiger partial charge is 0.140 e. The molecule has 0 saturated heterocycles. The first-order chi connectivity index (χ1) is 3.30.